The minimum Gasteiger partial charge on any atom is -0.481 e. The van der Waals surface area contributed by atoms with Gasteiger partial charge in [0.15, 0.2) is 11.6 Å². The molecule has 0 aliphatic rings. The maximum atomic E-state index is 12.5. The third kappa shape index (κ3) is 5.90. The largest absolute Gasteiger partial charge is 0.481 e. The average Bonchev–Trinajstić information content (AvgIpc) is 2.53. The zero-order chi connectivity index (χ0) is 20.4. The average molecular weight is 517 g/mol. The number of alkyl halides is 3. The van der Waals surface area contributed by atoms with Crippen molar-refractivity contribution in [2.45, 2.75) is 19.2 Å². The summed E-state index contributed by atoms with van der Waals surface area (Å²) >= 11 is 1.75. The number of methoxy groups -OCH3 is 1. The molecule has 2 rings (SSSR count). The van der Waals surface area contributed by atoms with Gasteiger partial charge in [0.05, 0.1) is 12.8 Å². The molecule has 0 fully saturated rings. The summed E-state index contributed by atoms with van der Waals surface area (Å²) in [6, 6.07) is 5.91. The smallest absolute Gasteiger partial charge is 0.404 e. The number of nitrogens with zero attached hydrogens (tertiary/aromatic N) is 2. The molecule has 2 N–H and O–H groups in total. The highest BCUT2D eigenvalue weighted by atomic mass is 127. The monoisotopic (exact) mass is 517 g/mol. The summed E-state index contributed by atoms with van der Waals surface area (Å²) < 4.78 is 68.5. The zero-order valence-electron chi connectivity index (χ0n) is 14.1. The van der Waals surface area contributed by atoms with Gasteiger partial charge in [-0.1, -0.05) is 12.1 Å². The molecule has 0 saturated carbocycles. The lowest BCUT2D eigenvalue weighted by molar-refractivity contribution is -0.106. The van der Waals surface area contributed by atoms with Gasteiger partial charge in [0.25, 0.3) is 0 Å². The molecule has 0 bridgehead atoms. The molecule has 2 aromatic rings. The number of anilines is 1. The van der Waals surface area contributed by atoms with Crippen molar-refractivity contribution in [2.24, 2.45) is 0 Å². The van der Waals surface area contributed by atoms with Crippen LogP contribution in [-0.4, -0.2) is 42.5 Å². The molecule has 0 spiro atoms. The molecule has 1 heterocycles. The number of aryl methyl sites for hydroxylation is 1. The molecule has 0 aliphatic carbocycles. The van der Waals surface area contributed by atoms with E-state index in [9.17, 15) is 26.7 Å². The summed E-state index contributed by atoms with van der Waals surface area (Å²) in [6.07, 6.45) is -6.39. The summed E-state index contributed by atoms with van der Waals surface area (Å²) in [4.78, 5) is 8.10. The van der Waals surface area contributed by atoms with Crippen molar-refractivity contribution < 1.29 is 31.4 Å². The molecule has 1 aromatic heterocycles. The van der Waals surface area contributed by atoms with Gasteiger partial charge in [-0.05, 0) is 35.6 Å². The number of nitrogens with one attached hydrogen (secondary N) is 1. The first-order valence-electron chi connectivity index (χ1n) is 7.35. The van der Waals surface area contributed by atoms with Crippen molar-refractivity contribution in [3.63, 3.8) is 0 Å². The molecule has 1 atom stereocenters. The number of sulfonamides is 1. The first-order chi connectivity index (χ1) is 12.4. The predicted molar refractivity (Wildman–Crippen MR) is 100 cm³/mol. The number of benzene rings is 1. The molecule has 1 unspecified atom stereocenters. The highest BCUT2D eigenvalue weighted by Crippen LogP contribution is 2.32. The zero-order valence-corrected chi connectivity index (χ0v) is 17.1. The van der Waals surface area contributed by atoms with Crippen LogP contribution in [-0.2, 0) is 10.0 Å². The second-order valence-corrected chi connectivity index (χ2v) is 8.38. The second kappa shape index (κ2) is 8.14. The summed E-state index contributed by atoms with van der Waals surface area (Å²) in [5.74, 6) is -1.94. The maximum Gasteiger partial charge on any atom is 0.404 e. The Labute approximate surface area is 167 Å². The van der Waals surface area contributed by atoms with E-state index in [1.807, 2.05) is 4.72 Å². The van der Waals surface area contributed by atoms with Crippen molar-refractivity contribution in [1.82, 2.24) is 9.97 Å². The van der Waals surface area contributed by atoms with Gasteiger partial charge in [0.1, 0.15) is 6.10 Å². The molecular formula is C15H15F3IN3O4S. The highest BCUT2D eigenvalue weighted by Gasteiger charge is 2.36. The molecule has 0 amide bonds. The lowest BCUT2D eigenvalue weighted by atomic mass is 10.1. The van der Waals surface area contributed by atoms with Crippen molar-refractivity contribution in [3.8, 4) is 5.88 Å². The van der Waals surface area contributed by atoms with Gasteiger partial charge in [-0.25, -0.2) is 13.4 Å². The first kappa shape index (κ1) is 21.6. The summed E-state index contributed by atoms with van der Waals surface area (Å²) in [6.45, 7) is 1.64. The molecule has 1 aromatic carbocycles. The number of rotatable bonds is 6. The van der Waals surface area contributed by atoms with Crippen LogP contribution < -0.4 is 9.46 Å². The SMILES string of the molecule is COc1cc(C)nc(C(O)c2cccc(I)c2NS(=O)(=O)CC(F)(F)F)n1. The Balaban J connectivity index is 2.47. The van der Waals surface area contributed by atoms with Crippen LogP contribution in [0, 0.1) is 10.5 Å². The van der Waals surface area contributed by atoms with Crippen LogP contribution in [0.1, 0.15) is 23.2 Å². The third-order valence-electron chi connectivity index (χ3n) is 3.25. The Morgan fingerprint density at radius 3 is 2.59 bits per heavy atom. The van der Waals surface area contributed by atoms with E-state index >= 15 is 0 Å². The number of aromatic nitrogens is 2. The number of aliphatic hydroxyl groups excluding tert-OH is 1. The Kier molecular flexibility index (Phi) is 6.52. The normalized spacial score (nSPS) is 13.3. The maximum absolute atomic E-state index is 12.5. The van der Waals surface area contributed by atoms with E-state index in [1.54, 1.807) is 29.5 Å². The number of para-hydroxylation sites is 1. The molecule has 12 heteroatoms. The van der Waals surface area contributed by atoms with Crippen LogP contribution in [0.25, 0.3) is 0 Å². The standard InChI is InChI=1S/C15H15F3IN3O4S/c1-8-6-11(26-2)21-14(20-8)13(23)9-4-3-5-10(19)12(9)22-27(24,25)7-15(16,17)18/h3-6,13,22-23H,7H2,1-2H3. The van der Waals surface area contributed by atoms with Crippen molar-refractivity contribution in [2.75, 3.05) is 17.6 Å². The fourth-order valence-corrected chi connectivity index (χ4v) is 4.09. The Morgan fingerprint density at radius 1 is 1.33 bits per heavy atom. The van der Waals surface area contributed by atoms with Crippen LogP contribution in [0.4, 0.5) is 18.9 Å². The molecular weight excluding hydrogens is 502 g/mol. The number of halogens is 4. The molecule has 0 saturated heterocycles. The number of hydrogen-bond donors (Lipinski definition) is 2. The topological polar surface area (TPSA) is 101 Å². The van der Waals surface area contributed by atoms with E-state index in [4.69, 9.17) is 4.74 Å². The van der Waals surface area contributed by atoms with Crippen molar-refractivity contribution in [3.05, 3.63) is 44.9 Å². The Hall–Kier alpha value is -1.67. The summed E-state index contributed by atoms with van der Waals surface area (Å²) in [7, 11) is -3.36. The number of hydrogen-bond acceptors (Lipinski definition) is 6. The second-order valence-electron chi connectivity index (χ2n) is 5.49. The quantitative estimate of drug-likeness (QED) is 0.572. The molecule has 27 heavy (non-hydrogen) atoms. The molecule has 0 aliphatic heterocycles. The van der Waals surface area contributed by atoms with E-state index in [1.165, 1.54) is 31.4 Å². The number of aliphatic hydroxyl groups is 1. The van der Waals surface area contributed by atoms with Gasteiger partial charge in [-0.3, -0.25) is 4.72 Å². The van der Waals surface area contributed by atoms with Gasteiger partial charge < -0.3 is 9.84 Å². The van der Waals surface area contributed by atoms with Crippen LogP contribution in [0.2, 0.25) is 0 Å². The molecule has 7 nitrogen and oxygen atoms in total. The fourth-order valence-electron chi connectivity index (χ4n) is 2.21. The minimum atomic E-state index is -4.90. The van der Waals surface area contributed by atoms with Gasteiger partial charge in [0, 0.05) is 20.9 Å². The molecule has 0 radical (unpaired) electrons. The van der Waals surface area contributed by atoms with Gasteiger partial charge in [-0.2, -0.15) is 18.2 Å². The fraction of sp³-hybridized carbons (Fsp3) is 0.333. The van der Waals surface area contributed by atoms with Gasteiger partial charge >= 0.3 is 6.18 Å². The van der Waals surface area contributed by atoms with Crippen LogP contribution in [0.15, 0.2) is 24.3 Å². The van der Waals surface area contributed by atoms with Crippen LogP contribution >= 0.6 is 22.6 Å². The minimum absolute atomic E-state index is 0.0142. The molecule has 148 valence electrons. The third-order valence-corrected chi connectivity index (χ3v) is 5.37. The predicted octanol–water partition coefficient (Wildman–Crippen LogP) is 2.78. The summed E-state index contributed by atoms with van der Waals surface area (Å²) in [5, 5.41) is 10.6. The van der Waals surface area contributed by atoms with E-state index in [0.717, 1.165) is 0 Å². The van der Waals surface area contributed by atoms with E-state index in [0.29, 0.717) is 9.26 Å². The van der Waals surface area contributed by atoms with E-state index in [2.05, 4.69) is 9.97 Å². The van der Waals surface area contributed by atoms with Gasteiger partial charge in [-0.15, -0.1) is 0 Å². The van der Waals surface area contributed by atoms with Crippen molar-refractivity contribution in [1.29, 1.82) is 0 Å². The van der Waals surface area contributed by atoms with Crippen LogP contribution in [0.5, 0.6) is 5.88 Å². The first-order valence-corrected chi connectivity index (χ1v) is 10.1. The van der Waals surface area contributed by atoms with Crippen molar-refractivity contribution >= 4 is 38.3 Å². The summed E-state index contributed by atoms with van der Waals surface area (Å²) in [5.41, 5.74) is 0.333. The number of ether oxygens (including phenoxy) is 1. The lowest BCUT2D eigenvalue weighted by Crippen LogP contribution is -2.28. The van der Waals surface area contributed by atoms with E-state index < -0.39 is 28.1 Å². The van der Waals surface area contributed by atoms with Crippen LogP contribution in [0.3, 0.4) is 0 Å². The Morgan fingerprint density at radius 2 is 2.00 bits per heavy atom. The van der Waals surface area contributed by atoms with Gasteiger partial charge in [0.2, 0.25) is 15.9 Å². The van der Waals surface area contributed by atoms with E-state index in [-0.39, 0.29) is 23.0 Å². The Bertz CT molecular complexity index is 938. The lowest BCUT2D eigenvalue weighted by Gasteiger charge is -2.18. The highest BCUT2D eigenvalue weighted by molar-refractivity contribution is 14.1.